The lowest BCUT2D eigenvalue weighted by atomic mass is 9.87. The van der Waals surface area contributed by atoms with E-state index in [1.165, 1.54) is 13.8 Å². The van der Waals surface area contributed by atoms with E-state index in [-0.39, 0.29) is 35.9 Å². The highest BCUT2D eigenvalue weighted by Crippen LogP contribution is 2.61. The van der Waals surface area contributed by atoms with Crippen LogP contribution in [0.1, 0.15) is 46.8 Å². The van der Waals surface area contributed by atoms with Gasteiger partial charge in [0.2, 0.25) is 11.8 Å². The van der Waals surface area contributed by atoms with Crippen LogP contribution in [0.4, 0.5) is 5.82 Å². The monoisotopic (exact) mass is 837 g/mol. The maximum Gasteiger partial charge on any atom is 0.481 e. The lowest BCUT2D eigenvalue weighted by Gasteiger charge is -2.30. The lowest BCUT2D eigenvalue weighted by molar-refractivity contribution is -0.137. The fourth-order valence-corrected chi connectivity index (χ4v) is 8.48. The Kier molecular flexibility index (Phi) is 16.4. The summed E-state index contributed by atoms with van der Waals surface area (Å²) in [7, 11) is -16.3. The SMILES string of the molecule is CC[C@H](C)CSCCNC(=O)CCNC(=O)C(O)C(C)(C)COP(=O)(O)OP(=O)(O)OC[C@H]1O[C@@H](n2cnc3c(N)ncnc32)[C@H](O)[C@@H]1OP(=O)(O)O. The summed E-state index contributed by atoms with van der Waals surface area (Å²) < 4.78 is 62.1. The Labute approximate surface area is 308 Å². The highest BCUT2D eigenvalue weighted by Gasteiger charge is 2.50. The maximum atomic E-state index is 12.7. The fourth-order valence-electron chi connectivity index (χ4n) is 4.60. The van der Waals surface area contributed by atoms with Crippen LogP contribution in [0.3, 0.4) is 0 Å². The van der Waals surface area contributed by atoms with Crippen LogP contribution in [0.5, 0.6) is 0 Å². The van der Waals surface area contributed by atoms with E-state index >= 15 is 0 Å². The minimum Gasteiger partial charge on any atom is -0.386 e. The van der Waals surface area contributed by atoms with Gasteiger partial charge in [-0.1, -0.05) is 34.1 Å². The van der Waals surface area contributed by atoms with Crippen molar-refractivity contribution in [2.45, 2.75) is 71.2 Å². The first-order valence-electron chi connectivity index (χ1n) is 16.0. The Morgan fingerprint density at radius 1 is 1.09 bits per heavy atom. The van der Waals surface area contributed by atoms with Gasteiger partial charge in [-0.2, -0.15) is 16.1 Å². The third-order valence-corrected chi connectivity index (χ3v) is 12.1. The first-order chi connectivity index (χ1) is 24.6. The van der Waals surface area contributed by atoms with Crippen LogP contribution in [-0.4, -0.2) is 123 Å². The van der Waals surface area contributed by atoms with Crippen molar-refractivity contribution in [2.75, 3.05) is 43.5 Å². The Morgan fingerprint density at radius 2 is 1.77 bits per heavy atom. The summed E-state index contributed by atoms with van der Waals surface area (Å²) in [6.07, 6.45) is -5.63. The molecule has 10 N–H and O–H groups in total. The number of imidazole rings is 1. The van der Waals surface area contributed by atoms with E-state index in [0.29, 0.717) is 12.5 Å². The van der Waals surface area contributed by atoms with Crippen LogP contribution < -0.4 is 16.4 Å². The molecular weight excluding hydrogens is 791 g/mol. The van der Waals surface area contributed by atoms with Crippen molar-refractivity contribution in [3.63, 3.8) is 0 Å². The predicted octanol–water partition coefficient (Wildman–Crippen LogP) is 0.184. The van der Waals surface area contributed by atoms with Crippen molar-refractivity contribution in [3.05, 3.63) is 12.7 Å². The molecule has 0 aliphatic carbocycles. The van der Waals surface area contributed by atoms with Crippen LogP contribution in [0.2, 0.25) is 0 Å². The molecule has 3 heterocycles. The summed E-state index contributed by atoms with van der Waals surface area (Å²) in [5.74, 6) is 1.02. The van der Waals surface area contributed by atoms with Gasteiger partial charge in [-0.05, 0) is 11.7 Å². The molecule has 1 saturated heterocycles. The van der Waals surface area contributed by atoms with Gasteiger partial charge < -0.3 is 50.9 Å². The molecule has 0 aromatic carbocycles. The topological polar surface area (TPSA) is 347 Å². The number of carbonyl (C=O) groups is 2. The van der Waals surface area contributed by atoms with Gasteiger partial charge in [0.1, 0.15) is 36.3 Å². The van der Waals surface area contributed by atoms with E-state index < -0.39 is 78.6 Å². The zero-order chi connectivity index (χ0) is 39.8. The van der Waals surface area contributed by atoms with Gasteiger partial charge in [-0.25, -0.2) is 28.6 Å². The van der Waals surface area contributed by atoms with Gasteiger partial charge in [0, 0.05) is 30.7 Å². The molecule has 0 saturated carbocycles. The maximum absolute atomic E-state index is 12.7. The van der Waals surface area contributed by atoms with E-state index in [1.807, 2.05) is 0 Å². The summed E-state index contributed by atoms with van der Waals surface area (Å²) in [5, 5.41) is 26.5. The number of thioether (sulfide) groups is 1. The summed E-state index contributed by atoms with van der Waals surface area (Å²) in [6.45, 7) is 5.17. The fraction of sp³-hybridized carbons (Fsp3) is 0.731. The first-order valence-corrected chi connectivity index (χ1v) is 21.7. The van der Waals surface area contributed by atoms with E-state index in [9.17, 15) is 53.1 Å². The van der Waals surface area contributed by atoms with Crippen molar-refractivity contribution in [2.24, 2.45) is 11.3 Å². The largest absolute Gasteiger partial charge is 0.481 e. The number of carbonyl (C=O) groups excluding carboxylic acids is 2. The number of anilines is 1. The van der Waals surface area contributed by atoms with Crippen molar-refractivity contribution in [3.8, 4) is 0 Å². The Morgan fingerprint density at radius 3 is 2.43 bits per heavy atom. The van der Waals surface area contributed by atoms with Gasteiger partial charge in [-0.15, -0.1) is 0 Å². The first kappa shape index (κ1) is 45.3. The van der Waals surface area contributed by atoms with Crippen LogP contribution in [0, 0.1) is 11.3 Å². The molecule has 1 fully saturated rings. The molecule has 2 aromatic rings. The van der Waals surface area contributed by atoms with Gasteiger partial charge in [0.15, 0.2) is 17.7 Å². The number of phosphoric ester groups is 3. The molecule has 2 aromatic heterocycles. The number of hydrogen-bond acceptors (Lipinski definition) is 17. The number of phosphoric acid groups is 3. The van der Waals surface area contributed by atoms with Gasteiger partial charge in [-0.3, -0.25) is 27.7 Å². The van der Waals surface area contributed by atoms with Crippen molar-refractivity contribution in [1.29, 1.82) is 0 Å². The molecule has 0 radical (unpaired) electrons. The number of aromatic nitrogens is 4. The number of nitrogens with two attached hydrogens (primary N) is 1. The number of aliphatic hydroxyl groups is 2. The normalized spacial score (nSPS) is 22.9. The Hall–Kier alpha value is -2.11. The van der Waals surface area contributed by atoms with Gasteiger partial charge in [0.25, 0.3) is 0 Å². The quantitative estimate of drug-likeness (QED) is 0.0564. The Balaban J connectivity index is 1.51. The molecule has 302 valence electrons. The average Bonchev–Trinajstić information content (AvgIpc) is 3.62. The number of fused-ring (bicyclic) bond motifs is 1. The number of nitrogens with zero attached hydrogens (tertiary/aromatic N) is 4. The van der Waals surface area contributed by atoms with E-state index in [0.717, 1.165) is 35.1 Å². The molecular formula is C26H46N7O16P3S. The number of amides is 2. The number of nitrogen functional groups attached to an aromatic ring is 1. The second-order valence-electron chi connectivity index (χ2n) is 12.7. The molecule has 1 aliphatic heterocycles. The van der Waals surface area contributed by atoms with Crippen LogP contribution in [0.25, 0.3) is 11.2 Å². The van der Waals surface area contributed by atoms with Crippen LogP contribution in [0.15, 0.2) is 12.7 Å². The molecule has 1 aliphatic rings. The number of nitrogens with one attached hydrogen (secondary N) is 2. The Bertz CT molecular complexity index is 1700. The molecule has 23 nitrogen and oxygen atoms in total. The summed E-state index contributed by atoms with van der Waals surface area (Å²) in [4.78, 5) is 75.5. The molecule has 0 bridgehead atoms. The van der Waals surface area contributed by atoms with Crippen molar-refractivity contribution >= 4 is 64.0 Å². The van der Waals surface area contributed by atoms with Crippen molar-refractivity contribution in [1.82, 2.24) is 30.2 Å². The van der Waals surface area contributed by atoms with E-state index in [2.05, 4.69) is 48.3 Å². The highest BCUT2D eigenvalue weighted by molar-refractivity contribution is 7.99. The second kappa shape index (κ2) is 19.2. The van der Waals surface area contributed by atoms with Crippen LogP contribution in [-0.2, 0) is 45.9 Å². The number of aliphatic hydroxyl groups excluding tert-OH is 2. The zero-order valence-corrected chi connectivity index (χ0v) is 32.7. The van der Waals surface area contributed by atoms with Gasteiger partial charge in [0.05, 0.1) is 19.5 Å². The molecule has 3 rings (SSSR count). The molecule has 27 heteroatoms. The number of ether oxygens (including phenoxy) is 1. The second-order valence-corrected chi connectivity index (χ2v) is 18.0. The molecule has 0 spiro atoms. The minimum atomic E-state index is -5.54. The average molecular weight is 838 g/mol. The summed E-state index contributed by atoms with van der Waals surface area (Å²) in [5.41, 5.74) is 4.32. The van der Waals surface area contributed by atoms with Crippen LogP contribution >= 0.6 is 35.2 Å². The number of rotatable bonds is 22. The number of hydrogen-bond donors (Lipinski definition) is 9. The van der Waals surface area contributed by atoms with E-state index in [4.69, 9.17) is 19.5 Å². The third kappa shape index (κ3) is 13.9. The standard InChI is InChI=1S/C26H46N7O16P3S/c1-5-15(2)11-53-9-8-28-17(34)6-7-29-24(37)21(36)26(3,4)12-46-52(43,44)49-51(41,42)45-10-16-20(48-50(38,39)40)19(35)25(47-16)33-14-32-18-22(27)30-13-31-23(18)33/h13-16,19-21,25,35-36H,5-12H2,1-4H3,(H,28,34)(H,29,37)(H,41,42)(H,43,44)(H2,27,30,31)(H2,38,39,40)/t15-,16+,19+,20+,21?,25+/m0/s1. The predicted molar refractivity (Wildman–Crippen MR) is 186 cm³/mol. The lowest BCUT2D eigenvalue weighted by Crippen LogP contribution is -2.46. The van der Waals surface area contributed by atoms with Gasteiger partial charge >= 0.3 is 23.5 Å². The molecule has 8 atom stereocenters. The smallest absolute Gasteiger partial charge is 0.386 e. The summed E-state index contributed by atoms with van der Waals surface area (Å²) >= 11 is 1.72. The highest BCUT2D eigenvalue weighted by atomic mass is 32.2. The summed E-state index contributed by atoms with van der Waals surface area (Å²) in [6, 6.07) is 0. The van der Waals surface area contributed by atoms with Crippen molar-refractivity contribution < 1.29 is 75.7 Å². The molecule has 3 unspecified atom stereocenters. The molecule has 2 amide bonds. The minimum absolute atomic E-state index is 0.0339. The zero-order valence-electron chi connectivity index (χ0n) is 29.2. The third-order valence-electron chi connectivity index (χ3n) is 7.75. The van der Waals surface area contributed by atoms with E-state index in [1.54, 1.807) is 11.8 Å². The molecule has 53 heavy (non-hydrogen) atoms.